The largest absolute Gasteiger partial charge is 0.480 e. The van der Waals surface area contributed by atoms with Gasteiger partial charge in [-0.1, -0.05) is 13.8 Å². The van der Waals surface area contributed by atoms with Crippen LogP contribution < -0.4 is 4.72 Å². The van der Waals surface area contributed by atoms with Crippen LogP contribution in [0, 0.1) is 0 Å². The number of rotatable bonds is 6. The van der Waals surface area contributed by atoms with Gasteiger partial charge >= 0.3 is 5.97 Å². The maximum absolute atomic E-state index is 11.9. The second-order valence-corrected chi connectivity index (χ2v) is 6.60. The molecule has 0 fully saturated rings. The number of sulfonamides is 1. The van der Waals surface area contributed by atoms with Crippen molar-refractivity contribution < 1.29 is 18.3 Å². The fourth-order valence-corrected chi connectivity index (χ4v) is 3.83. The van der Waals surface area contributed by atoms with Crippen molar-refractivity contribution in [2.45, 2.75) is 36.9 Å². The number of carboxylic acids is 1. The van der Waals surface area contributed by atoms with Crippen molar-refractivity contribution in [1.29, 1.82) is 0 Å². The van der Waals surface area contributed by atoms with E-state index in [1.165, 1.54) is 6.07 Å². The number of carboxylic acid groups (broad SMARTS) is 1. The Bertz CT molecular complexity index is 492. The Morgan fingerprint density at radius 3 is 2.53 bits per heavy atom. The monoisotopic (exact) mass is 277 g/mol. The first-order chi connectivity index (χ1) is 7.90. The minimum Gasteiger partial charge on any atom is -0.480 e. The molecule has 1 aromatic rings. The summed E-state index contributed by atoms with van der Waals surface area (Å²) < 4.78 is 26.1. The molecule has 1 atom stereocenters. The van der Waals surface area contributed by atoms with Crippen molar-refractivity contribution in [2.24, 2.45) is 0 Å². The lowest BCUT2D eigenvalue weighted by molar-refractivity contribution is -0.139. The topological polar surface area (TPSA) is 83.5 Å². The lowest BCUT2D eigenvalue weighted by Crippen LogP contribution is -2.39. The van der Waals surface area contributed by atoms with Crippen molar-refractivity contribution in [3.8, 4) is 0 Å². The van der Waals surface area contributed by atoms with Gasteiger partial charge in [0.2, 0.25) is 0 Å². The van der Waals surface area contributed by atoms with Gasteiger partial charge in [-0.25, -0.2) is 8.42 Å². The quantitative estimate of drug-likeness (QED) is 0.824. The molecule has 96 valence electrons. The molecule has 0 aliphatic carbocycles. The molecule has 0 radical (unpaired) electrons. The average molecular weight is 277 g/mol. The number of aryl methyl sites for hydroxylation is 1. The molecule has 1 rings (SSSR count). The number of hydrogen-bond donors (Lipinski definition) is 2. The van der Waals surface area contributed by atoms with Crippen LogP contribution in [0.25, 0.3) is 0 Å². The summed E-state index contributed by atoms with van der Waals surface area (Å²) in [5, 5.41) is 8.81. The minimum atomic E-state index is -3.72. The zero-order chi connectivity index (χ0) is 13.1. The highest BCUT2D eigenvalue weighted by Gasteiger charge is 2.24. The highest BCUT2D eigenvalue weighted by molar-refractivity contribution is 7.91. The lowest BCUT2D eigenvalue weighted by Gasteiger charge is -2.11. The van der Waals surface area contributed by atoms with Gasteiger partial charge in [0.05, 0.1) is 0 Å². The summed E-state index contributed by atoms with van der Waals surface area (Å²) in [6.45, 7) is 3.55. The van der Waals surface area contributed by atoms with E-state index in [0.717, 1.165) is 22.6 Å². The molecule has 5 nitrogen and oxygen atoms in total. The van der Waals surface area contributed by atoms with Gasteiger partial charge in [-0.05, 0) is 25.0 Å². The van der Waals surface area contributed by atoms with Gasteiger partial charge < -0.3 is 5.11 Å². The predicted molar refractivity (Wildman–Crippen MR) is 65.7 cm³/mol. The van der Waals surface area contributed by atoms with E-state index < -0.39 is 22.0 Å². The predicted octanol–water partition coefficient (Wildman–Crippen LogP) is 1.45. The Balaban J connectivity index is 2.91. The fourth-order valence-electron chi connectivity index (χ4n) is 1.25. The highest BCUT2D eigenvalue weighted by Crippen LogP contribution is 2.22. The Morgan fingerprint density at radius 2 is 2.12 bits per heavy atom. The van der Waals surface area contributed by atoms with Crippen LogP contribution in [0.2, 0.25) is 0 Å². The molecule has 0 spiro atoms. The maximum Gasteiger partial charge on any atom is 0.321 e. The molecule has 7 heteroatoms. The normalized spacial score (nSPS) is 13.5. The number of nitrogens with one attached hydrogen (secondary N) is 1. The first-order valence-corrected chi connectivity index (χ1v) is 7.54. The summed E-state index contributed by atoms with van der Waals surface area (Å²) in [6, 6.07) is 2.16. The summed E-state index contributed by atoms with van der Waals surface area (Å²) in [5.74, 6) is -1.16. The molecule has 0 saturated heterocycles. The van der Waals surface area contributed by atoms with Crippen LogP contribution in [-0.4, -0.2) is 25.5 Å². The zero-order valence-corrected chi connectivity index (χ0v) is 11.3. The molecule has 0 unspecified atom stereocenters. The van der Waals surface area contributed by atoms with Crippen LogP contribution in [0.15, 0.2) is 16.3 Å². The van der Waals surface area contributed by atoms with Gasteiger partial charge in [0.25, 0.3) is 10.0 Å². The van der Waals surface area contributed by atoms with Crippen molar-refractivity contribution in [3.63, 3.8) is 0 Å². The number of hydrogen-bond acceptors (Lipinski definition) is 4. The van der Waals surface area contributed by atoms with Gasteiger partial charge in [-0.15, -0.1) is 11.3 Å². The van der Waals surface area contributed by atoms with E-state index in [4.69, 9.17) is 5.11 Å². The third-order valence-corrected chi connectivity index (χ3v) is 5.45. The second-order valence-electron chi connectivity index (χ2n) is 3.49. The van der Waals surface area contributed by atoms with Crippen LogP contribution >= 0.6 is 11.3 Å². The number of carbonyl (C=O) groups is 1. The van der Waals surface area contributed by atoms with Crippen molar-refractivity contribution in [1.82, 2.24) is 4.72 Å². The van der Waals surface area contributed by atoms with Crippen molar-refractivity contribution in [3.05, 3.63) is 17.0 Å². The third kappa shape index (κ3) is 3.52. The average Bonchev–Trinajstić information content (AvgIpc) is 2.74. The van der Waals surface area contributed by atoms with Crippen LogP contribution in [0.3, 0.4) is 0 Å². The minimum absolute atomic E-state index is 0.161. The fraction of sp³-hybridized carbons (Fsp3) is 0.500. The first kappa shape index (κ1) is 14.1. The molecular formula is C10H15NO4S2. The first-order valence-electron chi connectivity index (χ1n) is 5.24. The summed E-state index contributed by atoms with van der Waals surface area (Å²) in [6.07, 6.45) is 0.969. The van der Waals surface area contributed by atoms with E-state index in [1.807, 2.05) is 6.92 Å². The van der Waals surface area contributed by atoms with Crippen LogP contribution in [0.5, 0.6) is 0 Å². The van der Waals surface area contributed by atoms with Gasteiger partial charge in [-0.2, -0.15) is 4.72 Å². The Morgan fingerprint density at radius 1 is 1.47 bits per heavy atom. The number of thiophene rings is 1. The lowest BCUT2D eigenvalue weighted by atomic mass is 10.2. The SMILES string of the molecule is CCc1ccc(S(=O)(=O)N[C@H](CC)C(=O)O)s1. The Kier molecular flexibility index (Phi) is 4.67. The van der Waals surface area contributed by atoms with E-state index in [1.54, 1.807) is 13.0 Å². The van der Waals surface area contributed by atoms with Gasteiger partial charge in [-0.3, -0.25) is 4.79 Å². The van der Waals surface area contributed by atoms with Crippen molar-refractivity contribution in [2.75, 3.05) is 0 Å². The maximum atomic E-state index is 11.9. The molecule has 0 saturated carbocycles. The molecule has 0 aliphatic heterocycles. The molecule has 17 heavy (non-hydrogen) atoms. The molecule has 2 N–H and O–H groups in total. The summed E-state index contributed by atoms with van der Waals surface area (Å²) in [5.41, 5.74) is 0. The third-order valence-electron chi connectivity index (χ3n) is 2.25. The highest BCUT2D eigenvalue weighted by atomic mass is 32.2. The Labute approximate surface area is 105 Å². The van der Waals surface area contributed by atoms with Crippen LogP contribution in [0.4, 0.5) is 0 Å². The number of aliphatic carboxylic acids is 1. The molecular weight excluding hydrogens is 262 g/mol. The Hall–Kier alpha value is -0.920. The van der Waals surface area contributed by atoms with E-state index in [-0.39, 0.29) is 10.6 Å². The van der Waals surface area contributed by atoms with E-state index in [0.29, 0.717) is 0 Å². The van der Waals surface area contributed by atoms with Gasteiger partial charge in [0.15, 0.2) is 0 Å². The summed E-state index contributed by atoms with van der Waals surface area (Å²) >= 11 is 1.16. The molecule has 0 aliphatic rings. The van der Waals surface area contributed by atoms with Crippen LogP contribution in [0.1, 0.15) is 25.1 Å². The standard InChI is InChI=1S/C10H15NO4S2/c1-3-7-5-6-9(16-7)17(14,15)11-8(4-2)10(12)13/h5-6,8,11H,3-4H2,1-2H3,(H,12,13)/t8-/m1/s1. The van der Waals surface area contributed by atoms with E-state index in [2.05, 4.69) is 4.72 Å². The zero-order valence-electron chi connectivity index (χ0n) is 9.63. The van der Waals surface area contributed by atoms with Crippen LogP contribution in [-0.2, 0) is 21.2 Å². The molecule has 1 heterocycles. The second kappa shape index (κ2) is 5.61. The summed E-state index contributed by atoms with van der Waals surface area (Å²) in [4.78, 5) is 11.7. The molecule has 0 bridgehead atoms. The van der Waals surface area contributed by atoms with Crippen molar-refractivity contribution >= 4 is 27.3 Å². The van der Waals surface area contributed by atoms with E-state index in [9.17, 15) is 13.2 Å². The smallest absolute Gasteiger partial charge is 0.321 e. The van der Waals surface area contributed by atoms with Gasteiger partial charge in [0, 0.05) is 4.88 Å². The van der Waals surface area contributed by atoms with Gasteiger partial charge in [0.1, 0.15) is 10.3 Å². The molecule has 1 aromatic heterocycles. The summed E-state index contributed by atoms with van der Waals surface area (Å²) in [7, 11) is -3.72. The molecule has 0 aromatic carbocycles. The molecule has 0 amide bonds. The van der Waals surface area contributed by atoms with E-state index >= 15 is 0 Å².